The van der Waals surface area contributed by atoms with E-state index in [0.717, 1.165) is 51.7 Å². The molecule has 4 fully saturated rings. The molecule has 1 saturated carbocycles. The van der Waals surface area contributed by atoms with E-state index in [2.05, 4.69) is 15.1 Å². The normalized spacial score (nSPS) is 30.9. The van der Waals surface area contributed by atoms with Crippen molar-refractivity contribution in [3.63, 3.8) is 0 Å². The number of aliphatic hydroxyl groups excluding tert-OH is 1. The molecule has 9 heteroatoms. The van der Waals surface area contributed by atoms with Crippen molar-refractivity contribution < 1.29 is 14.7 Å². The summed E-state index contributed by atoms with van der Waals surface area (Å²) < 4.78 is 0. The number of anilines is 1. The number of piperidine rings is 2. The minimum Gasteiger partial charge on any atom is -0.391 e. The van der Waals surface area contributed by atoms with Crippen LogP contribution >= 0.6 is 23.2 Å². The predicted molar refractivity (Wildman–Crippen MR) is 133 cm³/mol. The van der Waals surface area contributed by atoms with E-state index in [1.54, 1.807) is 23.1 Å². The summed E-state index contributed by atoms with van der Waals surface area (Å²) >= 11 is 12.1. The zero-order valence-corrected chi connectivity index (χ0v) is 21.2. The fourth-order valence-electron chi connectivity index (χ4n) is 6.11. The number of rotatable bonds is 4. The van der Waals surface area contributed by atoms with E-state index in [1.807, 2.05) is 6.92 Å². The van der Waals surface area contributed by atoms with Crippen LogP contribution in [0.15, 0.2) is 18.2 Å². The zero-order chi connectivity index (χ0) is 24.0. The molecule has 2 N–H and O–H groups in total. The molecule has 0 unspecified atom stereocenters. The topological polar surface area (TPSA) is 76.1 Å². The van der Waals surface area contributed by atoms with E-state index >= 15 is 0 Å². The van der Waals surface area contributed by atoms with E-state index in [-0.39, 0.29) is 35.5 Å². The van der Waals surface area contributed by atoms with Gasteiger partial charge in [-0.2, -0.15) is 0 Å². The summed E-state index contributed by atoms with van der Waals surface area (Å²) in [7, 11) is 0. The Labute approximate surface area is 211 Å². The Bertz CT molecular complexity index is 956. The lowest BCUT2D eigenvalue weighted by Gasteiger charge is -2.50. The molecule has 1 aromatic rings. The first-order valence-corrected chi connectivity index (χ1v) is 13.3. The molecule has 0 aromatic heterocycles. The van der Waals surface area contributed by atoms with Crippen molar-refractivity contribution in [1.82, 2.24) is 14.7 Å². The number of nitrogens with one attached hydrogen (secondary N) is 1. The molecule has 4 aliphatic rings. The van der Waals surface area contributed by atoms with Crippen LogP contribution in [-0.2, 0) is 4.79 Å². The van der Waals surface area contributed by atoms with Crippen LogP contribution in [0.4, 0.5) is 10.5 Å². The Balaban J connectivity index is 1.20. The average molecular weight is 509 g/mol. The number of fused-ring (bicyclic) bond motifs is 1. The molecular weight excluding hydrogens is 475 g/mol. The van der Waals surface area contributed by atoms with Crippen LogP contribution in [0.5, 0.6) is 0 Å². The van der Waals surface area contributed by atoms with Gasteiger partial charge in [0.05, 0.1) is 16.1 Å². The maximum absolute atomic E-state index is 13.4. The van der Waals surface area contributed by atoms with Gasteiger partial charge in [-0.3, -0.25) is 4.79 Å². The van der Waals surface area contributed by atoms with Gasteiger partial charge in [-0.25, -0.2) is 4.79 Å². The van der Waals surface area contributed by atoms with Crippen LogP contribution < -0.4 is 5.32 Å². The third kappa shape index (κ3) is 4.64. The van der Waals surface area contributed by atoms with Gasteiger partial charge in [-0.15, -0.1) is 0 Å². The lowest BCUT2D eigenvalue weighted by Crippen LogP contribution is -2.66. The number of carbonyl (C=O) groups excluding carboxylic acids is 2. The van der Waals surface area contributed by atoms with E-state index < -0.39 is 6.04 Å². The molecule has 1 spiro atoms. The summed E-state index contributed by atoms with van der Waals surface area (Å²) in [5, 5.41) is 14.2. The van der Waals surface area contributed by atoms with Gasteiger partial charge in [0.15, 0.2) is 0 Å². The molecule has 3 aliphatic heterocycles. The van der Waals surface area contributed by atoms with E-state index in [4.69, 9.17) is 23.2 Å². The van der Waals surface area contributed by atoms with Crippen molar-refractivity contribution in [2.45, 2.75) is 76.1 Å². The molecule has 0 radical (unpaired) electrons. The highest BCUT2D eigenvalue weighted by molar-refractivity contribution is 6.42. The predicted octanol–water partition coefficient (Wildman–Crippen LogP) is 4.22. The third-order valence-electron chi connectivity index (χ3n) is 8.51. The molecule has 1 aromatic carbocycles. The Morgan fingerprint density at radius 3 is 2.68 bits per heavy atom. The van der Waals surface area contributed by atoms with Crippen LogP contribution in [0.2, 0.25) is 10.0 Å². The monoisotopic (exact) mass is 508 g/mol. The molecule has 3 saturated heterocycles. The number of β-amino-alcohol motifs (C(OH)–C–C–N with tert-alkyl or cyclic N) is 1. The van der Waals surface area contributed by atoms with Gasteiger partial charge >= 0.3 is 6.03 Å². The number of urea groups is 1. The van der Waals surface area contributed by atoms with Crippen LogP contribution in [0.3, 0.4) is 0 Å². The first-order valence-electron chi connectivity index (χ1n) is 12.5. The number of nitrogens with zero attached hydrogens (tertiary/aromatic N) is 3. The number of piperazine rings is 1. The van der Waals surface area contributed by atoms with Gasteiger partial charge in [-0.1, -0.05) is 23.2 Å². The molecule has 0 bridgehead atoms. The van der Waals surface area contributed by atoms with Crippen molar-refractivity contribution in [3.05, 3.63) is 28.2 Å². The quantitative estimate of drug-likeness (QED) is 0.638. The number of benzene rings is 1. The highest BCUT2D eigenvalue weighted by Gasteiger charge is 2.51. The van der Waals surface area contributed by atoms with Crippen LogP contribution in [0.25, 0.3) is 0 Å². The number of halogens is 2. The molecule has 34 heavy (non-hydrogen) atoms. The van der Waals surface area contributed by atoms with E-state index in [0.29, 0.717) is 22.3 Å². The maximum Gasteiger partial charge on any atom is 0.322 e. The second-order valence-electron chi connectivity index (χ2n) is 10.6. The number of likely N-dealkylation sites (tertiary alicyclic amines) is 1. The lowest BCUT2D eigenvalue weighted by molar-refractivity contribution is -0.149. The highest BCUT2D eigenvalue weighted by atomic mass is 35.5. The molecule has 5 rings (SSSR count). The zero-order valence-electron chi connectivity index (χ0n) is 19.7. The summed E-state index contributed by atoms with van der Waals surface area (Å²) in [6.07, 6.45) is 7.11. The second kappa shape index (κ2) is 9.49. The summed E-state index contributed by atoms with van der Waals surface area (Å²) in [5.41, 5.74) is 0.770. The Morgan fingerprint density at radius 2 is 1.97 bits per heavy atom. The highest BCUT2D eigenvalue weighted by Crippen LogP contribution is 2.53. The SMILES string of the molecule is C[C@H]1C(=O)N2[C@@H](CCN3CCC4(CC4)[C@H](O)C3)CCC[C@H]2CN1C(=O)Nc1ccc(Cl)c(Cl)c1. The van der Waals surface area contributed by atoms with Crippen molar-refractivity contribution in [2.24, 2.45) is 5.41 Å². The first kappa shape index (κ1) is 24.2. The van der Waals surface area contributed by atoms with Crippen molar-refractivity contribution >= 4 is 40.8 Å². The molecule has 7 nitrogen and oxygen atoms in total. The van der Waals surface area contributed by atoms with Crippen LogP contribution in [-0.4, -0.2) is 82.2 Å². The standard InChI is InChI=1S/C25H34Cl2N4O3/c1-16-23(33)31-18(7-11-29-12-10-25(8-9-25)22(32)15-29)3-2-4-19(31)14-30(16)24(34)28-17-5-6-20(26)21(27)13-17/h5-6,13,16,18-19,22,32H,2-4,7-12,14-15H2,1H3,(H,28,34)/t16-,18+,19-,22+/m0/s1. The second-order valence-corrected chi connectivity index (χ2v) is 11.4. The number of aliphatic hydroxyl groups is 1. The van der Waals surface area contributed by atoms with Gasteiger partial charge in [0.2, 0.25) is 5.91 Å². The van der Waals surface area contributed by atoms with Gasteiger partial charge in [0.25, 0.3) is 0 Å². The largest absolute Gasteiger partial charge is 0.391 e. The van der Waals surface area contributed by atoms with Gasteiger partial charge in [0.1, 0.15) is 6.04 Å². The minimum absolute atomic E-state index is 0.0286. The Kier molecular flexibility index (Phi) is 6.75. The Morgan fingerprint density at radius 1 is 1.18 bits per heavy atom. The number of carbonyl (C=O) groups is 2. The first-order chi connectivity index (χ1) is 16.3. The summed E-state index contributed by atoms with van der Waals surface area (Å²) in [6.45, 7) is 5.05. The molecule has 4 atom stereocenters. The molecule has 186 valence electrons. The van der Waals surface area contributed by atoms with Crippen LogP contribution in [0, 0.1) is 5.41 Å². The smallest absolute Gasteiger partial charge is 0.322 e. The number of hydrogen-bond donors (Lipinski definition) is 2. The van der Waals surface area contributed by atoms with Gasteiger partial charge in [0, 0.05) is 37.4 Å². The average Bonchev–Trinajstić information content (AvgIpc) is 3.60. The fraction of sp³-hybridized carbons (Fsp3) is 0.680. The molecule has 3 amide bonds. The van der Waals surface area contributed by atoms with E-state index in [1.165, 1.54) is 12.8 Å². The molecule has 1 aliphatic carbocycles. The van der Waals surface area contributed by atoms with Crippen molar-refractivity contribution in [1.29, 1.82) is 0 Å². The summed E-state index contributed by atoms with van der Waals surface area (Å²) in [5.74, 6) is 0.0286. The van der Waals surface area contributed by atoms with Crippen molar-refractivity contribution in [2.75, 3.05) is 31.5 Å². The Hall–Kier alpha value is -1.54. The number of hydrogen-bond acceptors (Lipinski definition) is 4. The lowest BCUT2D eigenvalue weighted by atomic mass is 9.88. The fourth-order valence-corrected chi connectivity index (χ4v) is 6.40. The van der Waals surface area contributed by atoms with Crippen molar-refractivity contribution in [3.8, 4) is 0 Å². The van der Waals surface area contributed by atoms with Gasteiger partial charge < -0.3 is 25.1 Å². The molecular formula is C25H34Cl2N4O3. The van der Waals surface area contributed by atoms with Gasteiger partial charge in [-0.05, 0) is 82.0 Å². The third-order valence-corrected chi connectivity index (χ3v) is 9.25. The maximum atomic E-state index is 13.4. The molecule has 3 heterocycles. The summed E-state index contributed by atoms with van der Waals surface area (Å²) in [4.78, 5) is 32.6. The minimum atomic E-state index is -0.522. The summed E-state index contributed by atoms with van der Waals surface area (Å²) in [6, 6.07) is 4.39. The number of amides is 3. The van der Waals surface area contributed by atoms with Crippen LogP contribution in [0.1, 0.15) is 51.9 Å². The van der Waals surface area contributed by atoms with E-state index in [9.17, 15) is 14.7 Å².